The van der Waals surface area contributed by atoms with Gasteiger partial charge in [-0.1, -0.05) is 12.1 Å². The Morgan fingerprint density at radius 3 is 2.43 bits per heavy atom. The fourth-order valence-corrected chi connectivity index (χ4v) is 4.50. The van der Waals surface area contributed by atoms with E-state index in [0.717, 1.165) is 36.8 Å². The van der Waals surface area contributed by atoms with Crippen molar-refractivity contribution in [2.45, 2.75) is 13.0 Å². The third kappa shape index (κ3) is 3.17. The Hall–Kier alpha value is -3.09. The number of rotatable bonds is 4. The van der Waals surface area contributed by atoms with Gasteiger partial charge in [0.05, 0.1) is 18.7 Å². The number of anilines is 1. The molecule has 2 aliphatic rings. The van der Waals surface area contributed by atoms with E-state index in [4.69, 9.17) is 10.5 Å². The van der Waals surface area contributed by atoms with Crippen molar-refractivity contribution in [2.24, 2.45) is 17.6 Å². The number of nitrogens with zero attached hydrogens (tertiary/aromatic N) is 3. The second kappa shape index (κ2) is 7.14. The van der Waals surface area contributed by atoms with Crippen LogP contribution in [0.25, 0.3) is 0 Å². The summed E-state index contributed by atoms with van der Waals surface area (Å²) in [4.78, 5) is 32.2. The van der Waals surface area contributed by atoms with E-state index in [9.17, 15) is 9.59 Å². The van der Waals surface area contributed by atoms with E-state index in [1.165, 1.54) is 6.20 Å². The van der Waals surface area contributed by atoms with Crippen LogP contribution in [0.3, 0.4) is 0 Å². The van der Waals surface area contributed by atoms with Gasteiger partial charge in [-0.25, -0.2) is 4.98 Å². The van der Waals surface area contributed by atoms with Crippen molar-refractivity contribution >= 4 is 17.6 Å². The molecule has 3 atom stereocenters. The number of benzene rings is 1. The first-order valence-electron chi connectivity index (χ1n) is 9.40. The smallest absolute Gasteiger partial charge is 0.250 e. The maximum absolute atomic E-state index is 12.3. The van der Waals surface area contributed by atoms with E-state index in [0.29, 0.717) is 17.4 Å². The lowest BCUT2D eigenvalue weighted by molar-refractivity contribution is -0.130. The summed E-state index contributed by atoms with van der Waals surface area (Å²) < 4.78 is 5.26. The molecule has 7 heteroatoms. The monoisotopic (exact) mass is 380 g/mol. The first-order chi connectivity index (χ1) is 13.5. The molecular formula is C21H24N4O3. The fraction of sp³-hybridized carbons (Fsp3) is 0.381. The quantitative estimate of drug-likeness (QED) is 0.874. The van der Waals surface area contributed by atoms with Crippen molar-refractivity contribution in [1.29, 1.82) is 0 Å². The summed E-state index contributed by atoms with van der Waals surface area (Å²) in [5.41, 5.74) is 6.83. The Balaban J connectivity index is 1.58. The molecule has 0 saturated carbocycles. The topological polar surface area (TPSA) is 88.8 Å². The van der Waals surface area contributed by atoms with Crippen LogP contribution in [0.4, 0.5) is 5.82 Å². The van der Waals surface area contributed by atoms with Crippen LogP contribution >= 0.6 is 0 Å². The van der Waals surface area contributed by atoms with Crippen LogP contribution in [0.1, 0.15) is 28.9 Å². The average molecular weight is 380 g/mol. The number of primary amides is 1. The van der Waals surface area contributed by atoms with Crippen LogP contribution in [0, 0.1) is 11.8 Å². The van der Waals surface area contributed by atoms with Gasteiger partial charge >= 0.3 is 0 Å². The van der Waals surface area contributed by atoms with Gasteiger partial charge in [0, 0.05) is 44.6 Å². The van der Waals surface area contributed by atoms with Gasteiger partial charge in [0.1, 0.15) is 11.6 Å². The van der Waals surface area contributed by atoms with Crippen molar-refractivity contribution in [3.63, 3.8) is 0 Å². The summed E-state index contributed by atoms with van der Waals surface area (Å²) in [5, 5.41) is 0. The zero-order valence-electron chi connectivity index (χ0n) is 16.0. The summed E-state index contributed by atoms with van der Waals surface area (Å²) in [6.07, 6.45) is 1.52. The molecule has 1 aromatic carbocycles. The number of hydrogen-bond donors (Lipinski definition) is 1. The highest BCUT2D eigenvalue weighted by atomic mass is 16.5. The van der Waals surface area contributed by atoms with Crippen LogP contribution < -0.4 is 15.4 Å². The number of fused-ring (bicyclic) bond motifs is 1. The summed E-state index contributed by atoms with van der Waals surface area (Å²) >= 11 is 0. The SMILES string of the molecule is COc1ccc([C@H]2[C@@H]3CN(c4ccc(C(N)=O)cn4)C[C@@H]3CN2C(C)=O)cc1. The molecule has 0 spiro atoms. The minimum Gasteiger partial charge on any atom is -0.497 e. The predicted octanol–water partition coefficient (Wildman–Crippen LogP) is 1.84. The number of aromatic nitrogens is 1. The van der Waals surface area contributed by atoms with Crippen LogP contribution in [-0.2, 0) is 4.79 Å². The molecule has 2 aliphatic heterocycles. The lowest BCUT2D eigenvalue weighted by Gasteiger charge is -2.29. The number of amides is 2. The van der Waals surface area contributed by atoms with Crippen molar-refractivity contribution in [2.75, 3.05) is 31.6 Å². The molecular weight excluding hydrogens is 356 g/mol. The highest BCUT2D eigenvalue weighted by molar-refractivity contribution is 5.92. The Morgan fingerprint density at radius 1 is 1.11 bits per heavy atom. The molecule has 2 aromatic rings. The van der Waals surface area contributed by atoms with Gasteiger partial charge in [-0.3, -0.25) is 9.59 Å². The fourth-order valence-electron chi connectivity index (χ4n) is 4.50. The number of methoxy groups -OCH3 is 1. The largest absolute Gasteiger partial charge is 0.497 e. The minimum atomic E-state index is -0.478. The number of nitrogens with two attached hydrogens (primary N) is 1. The number of carbonyl (C=O) groups excluding carboxylic acids is 2. The Morgan fingerprint density at radius 2 is 1.86 bits per heavy atom. The van der Waals surface area contributed by atoms with E-state index >= 15 is 0 Å². The Kier molecular flexibility index (Phi) is 4.66. The van der Waals surface area contributed by atoms with E-state index < -0.39 is 5.91 Å². The summed E-state index contributed by atoms with van der Waals surface area (Å²) in [5.74, 6) is 1.98. The number of carbonyl (C=O) groups is 2. The van der Waals surface area contributed by atoms with Crippen LogP contribution in [0.15, 0.2) is 42.6 Å². The van der Waals surface area contributed by atoms with E-state index in [1.54, 1.807) is 20.1 Å². The van der Waals surface area contributed by atoms with Gasteiger partial charge in [-0.2, -0.15) is 0 Å². The molecule has 4 rings (SSSR count). The first kappa shape index (κ1) is 18.3. The molecule has 0 bridgehead atoms. The summed E-state index contributed by atoms with van der Waals surface area (Å²) in [6.45, 7) is 4.03. The first-order valence-corrected chi connectivity index (χ1v) is 9.40. The van der Waals surface area contributed by atoms with Crippen molar-refractivity contribution in [1.82, 2.24) is 9.88 Å². The Bertz CT molecular complexity index is 882. The standard InChI is InChI=1S/C21H24N4O3/c1-13(26)25-11-16-10-24(19-8-5-15(9-23-19)21(22)27)12-18(16)20(25)14-3-6-17(28-2)7-4-14/h3-9,16,18,20H,10-12H2,1-2H3,(H2,22,27)/t16-,18-,20+/m1/s1. The zero-order chi connectivity index (χ0) is 19.8. The van der Waals surface area contributed by atoms with Crippen molar-refractivity contribution < 1.29 is 14.3 Å². The second-order valence-electron chi connectivity index (χ2n) is 7.49. The minimum absolute atomic E-state index is 0.0447. The molecule has 2 N–H and O–H groups in total. The number of ether oxygens (including phenoxy) is 1. The molecule has 2 fully saturated rings. The second-order valence-corrected chi connectivity index (χ2v) is 7.49. The van der Waals surface area contributed by atoms with Crippen molar-refractivity contribution in [3.8, 4) is 5.75 Å². The average Bonchev–Trinajstić information content (AvgIpc) is 3.26. The summed E-state index contributed by atoms with van der Waals surface area (Å²) in [7, 11) is 1.65. The third-order valence-electron chi connectivity index (χ3n) is 5.88. The normalized spacial score (nSPS) is 23.6. The lowest BCUT2D eigenvalue weighted by Crippen LogP contribution is -2.34. The maximum atomic E-state index is 12.3. The maximum Gasteiger partial charge on any atom is 0.250 e. The summed E-state index contributed by atoms with van der Waals surface area (Å²) in [6, 6.07) is 11.6. The molecule has 0 aliphatic carbocycles. The highest BCUT2D eigenvalue weighted by Crippen LogP contribution is 2.45. The molecule has 146 valence electrons. The van der Waals surface area contributed by atoms with Gasteiger partial charge in [0.15, 0.2) is 0 Å². The number of likely N-dealkylation sites (tertiary alicyclic amines) is 1. The molecule has 7 nitrogen and oxygen atoms in total. The predicted molar refractivity (Wildman–Crippen MR) is 105 cm³/mol. The third-order valence-corrected chi connectivity index (χ3v) is 5.88. The van der Waals surface area contributed by atoms with Crippen LogP contribution in [-0.4, -0.2) is 48.4 Å². The Labute approximate surface area is 164 Å². The molecule has 3 heterocycles. The molecule has 0 unspecified atom stereocenters. The molecule has 2 saturated heterocycles. The van der Waals surface area contributed by atoms with E-state index in [1.807, 2.05) is 35.2 Å². The van der Waals surface area contributed by atoms with Gasteiger partial charge in [0.2, 0.25) is 11.8 Å². The number of pyridine rings is 1. The lowest BCUT2D eigenvalue weighted by atomic mass is 9.89. The van der Waals surface area contributed by atoms with Crippen LogP contribution in [0.2, 0.25) is 0 Å². The van der Waals surface area contributed by atoms with Gasteiger partial charge in [-0.05, 0) is 29.8 Å². The highest BCUT2D eigenvalue weighted by Gasteiger charge is 2.48. The number of hydrogen-bond acceptors (Lipinski definition) is 5. The van der Waals surface area contributed by atoms with Crippen molar-refractivity contribution in [3.05, 3.63) is 53.7 Å². The van der Waals surface area contributed by atoms with Gasteiger partial charge < -0.3 is 20.3 Å². The molecule has 2 amide bonds. The molecule has 0 radical (unpaired) electrons. The van der Waals surface area contributed by atoms with Crippen LogP contribution in [0.5, 0.6) is 5.75 Å². The van der Waals surface area contributed by atoms with Gasteiger partial charge in [-0.15, -0.1) is 0 Å². The van der Waals surface area contributed by atoms with Gasteiger partial charge in [0.25, 0.3) is 0 Å². The van der Waals surface area contributed by atoms with E-state index in [-0.39, 0.29) is 11.9 Å². The molecule has 28 heavy (non-hydrogen) atoms. The molecule has 1 aromatic heterocycles. The van der Waals surface area contributed by atoms with E-state index in [2.05, 4.69) is 9.88 Å². The zero-order valence-corrected chi connectivity index (χ0v) is 16.0.